The average molecular weight is 263 g/mol. The van der Waals surface area contributed by atoms with Gasteiger partial charge in [-0.25, -0.2) is 4.98 Å². The highest BCUT2D eigenvalue weighted by molar-refractivity contribution is 7.99. The second kappa shape index (κ2) is 6.10. The molecule has 0 spiro atoms. The van der Waals surface area contributed by atoms with Crippen LogP contribution < -0.4 is 5.32 Å². The minimum Gasteiger partial charge on any atom is -0.354 e. The highest BCUT2D eigenvalue weighted by Crippen LogP contribution is 2.15. The van der Waals surface area contributed by atoms with Crippen LogP contribution in [0.3, 0.4) is 0 Å². The summed E-state index contributed by atoms with van der Waals surface area (Å²) >= 11 is 1.49. The Bertz CT molecular complexity index is 511. The first kappa shape index (κ1) is 12.5. The molecular formula is C10H13N7S. The molecule has 0 aliphatic rings. The fourth-order valence-corrected chi connectivity index (χ4v) is 1.76. The van der Waals surface area contributed by atoms with E-state index in [1.54, 1.807) is 12.4 Å². The van der Waals surface area contributed by atoms with E-state index in [0.717, 1.165) is 12.3 Å². The Balaban J connectivity index is 2.33. The van der Waals surface area contributed by atoms with Crippen LogP contribution in [0.2, 0.25) is 0 Å². The van der Waals surface area contributed by atoms with E-state index in [1.165, 1.54) is 22.8 Å². The summed E-state index contributed by atoms with van der Waals surface area (Å²) in [5, 5.41) is 7.70. The van der Waals surface area contributed by atoms with E-state index in [2.05, 4.69) is 36.9 Å². The van der Waals surface area contributed by atoms with Crippen molar-refractivity contribution < 1.29 is 0 Å². The number of hydrogen-bond donors (Lipinski definition) is 1. The molecule has 0 fully saturated rings. The highest BCUT2D eigenvalue weighted by Gasteiger charge is 2.08. The Morgan fingerprint density at radius 3 is 3.00 bits per heavy atom. The van der Waals surface area contributed by atoms with Gasteiger partial charge in [0.2, 0.25) is 5.95 Å². The third-order valence-electron chi connectivity index (χ3n) is 1.89. The second-order valence-corrected chi connectivity index (χ2v) is 4.20. The molecule has 18 heavy (non-hydrogen) atoms. The summed E-state index contributed by atoms with van der Waals surface area (Å²) in [5.41, 5.74) is 0. The Morgan fingerprint density at radius 2 is 2.33 bits per heavy atom. The van der Waals surface area contributed by atoms with Crippen LogP contribution in [0.15, 0.2) is 30.5 Å². The molecule has 94 valence electrons. The first-order valence-electron chi connectivity index (χ1n) is 5.42. The molecule has 0 radical (unpaired) electrons. The third-order valence-corrected chi connectivity index (χ3v) is 2.74. The van der Waals surface area contributed by atoms with Gasteiger partial charge in [-0.3, -0.25) is 0 Å². The summed E-state index contributed by atoms with van der Waals surface area (Å²) in [7, 11) is 0. The average Bonchev–Trinajstić information content (AvgIpc) is 2.90. The number of thioether (sulfide) groups is 1. The monoisotopic (exact) mass is 263 g/mol. The van der Waals surface area contributed by atoms with Gasteiger partial charge < -0.3 is 5.32 Å². The predicted octanol–water partition coefficient (Wildman–Crippen LogP) is 1.16. The molecular weight excluding hydrogens is 250 g/mol. The van der Waals surface area contributed by atoms with E-state index in [1.807, 2.05) is 6.92 Å². The maximum atomic E-state index is 4.31. The van der Waals surface area contributed by atoms with E-state index in [0.29, 0.717) is 17.1 Å². The second-order valence-electron chi connectivity index (χ2n) is 3.21. The van der Waals surface area contributed by atoms with Crippen LogP contribution >= 0.6 is 11.8 Å². The highest BCUT2D eigenvalue weighted by atomic mass is 32.2. The van der Waals surface area contributed by atoms with E-state index in [9.17, 15) is 0 Å². The quantitative estimate of drug-likeness (QED) is 0.618. The molecule has 2 aromatic heterocycles. The fraction of sp³-hybridized carbons (Fsp3) is 0.300. The molecule has 0 amide bonds. The molecule has 1 N–H and O–H groups in total. The lowest BCUT2D eigenvalue weighted by Crippen LogP contribution is -2.09. The third kappa shape index (κ3) is 3.04. The molecule has 0 atom stereocenters. The molecule has 2 rings (SSSR count). The van der Waals surface area contributed by atoms with Crippen LogP contribution in [0.5, 0.6) is 0 Å². The number of rotatable bonds is 6. The van der Waals surface area contributed by atoms with Crippen molar-refractivity contribution in [2.75, 3.05) is 17.6 Å². The van der Waals surface area contributed by atoms with Crippen molar-refractivity contribution in [3.63, 3.8) is 0 Å². The first-order valence-corrected chi connectivity index (χ1v) is 6.40. The van der Waals surface area contributed by atoms with Gasteiger partial charge in [0.25, 0.3) is 5.95 Å². The van der Waals surface area contributed by atoms with Crippen LogP contribution in [-0.4, -0.2) is 42.0 Å². The van der Waals surface area contributed by atoms with Gasteiger partial charge in [0.05, 0.1) is 0 Å². The van der Waals surface area contributed by atoms with Crippen LogP contribution in [0.4, 0.5) is 5.95 Å². The molecule has 0 aliphatic carbocycles. The molecule has 2 heterocycles. The zero-order chi connectivity index (χ0) is 12.8. The summed E-state index contributed by atoms with van der Waals surface area (Å²) in [5.74, 6) is 1.72. The van der Waals surface area contributed by atoms with Crippen molar-refractivity contribution >= 4 is 17.7 Å². The molecule has 0 saturated heterocycles. The number of nitrogens with zero attached hydrogens (tertiary/aromatic N) is 6. The molecule has 0 saturated carbocycles. The van der Waals surface area contributed by atoms with Crippen LogP contribution in [-0.2, 0) is 0 Å². The lowest BCUT2D eigenvalue weighted by molar-refractivity contribution is 0.759. The SMILES string of the molecule is C=CCSc1nc(NCC)nc(-n2cncn2)n1. The summed E-state index contributed by atoms with van der Waals surface area (Å²) in [6, 6.07) is 0. The van der Waals surface area contributed by atoms with Crippen molar-refractivity contribution in [2.24, 2.45) is 0 Å². The normalized spacial score (nSPS) is 10.3. The standard InChI is InChI=1S/C10H13N7S/c1-3-5-18-10-15-8(12-4-2)14-9(16-10)17-7-11-6-13-17/h3,6-7H,1,4-5H2,2H3,(H,12,14,15,16). The Hall–Kier alpha value is -1.96. The Morgan fingerprint density at radius 1 is 1.44 bits per heavy atom. The fourth-order valence-electron chi connectivity index (χ4n) is 1.20. The smallest absolute Gasteiger partial charge is 0.257 e. The van der Waals surface area contributed by atoms with Gasteiger partial charge in [-0.05, 0) is 6.92 Å². The van der Waals surface area contributed by atoms with E-state index in [-0.39, 0.29) is 0 Å². The molecule has 7 nitrogen and oxygen atoms in total. The molecule has 8 heteroatoms. The summed E-state index contributed by atoms with van der Waals surface area (Å²) in [4.78, 5) is 16.7. The largest absolute Gasteiger partial charge is 0.354 e. The number of aromatic nitrogens is 6. The van der Waals surface area contributed by atoms with Crippen molar-refractivity contribution in [1.29, 1.82) is 0 Å². The lowest BCUT2D eigenvalue weighted by Gasteiger charge is -2.06. The van der Waals surface area contributed by atoms with Gasteiger partial charge in [-0.2, -0.15) is 24.7 Å². The van der Waals surface area contributed by atoms with Gasteiger partial charge in [-0.1, -0.05) is 17.8 Å². The number of hydrogen-bond acceptors (Lipinski definition) is 7. The van der Waals surface area contributed by atoms with Crippen molar-refractivity contribution in [3.05, 3.63) is 25.3 Å². The molecule has 0 unspecified atom stereocenters. The minimum atomic E-state index is 0.449. The summed E-state index contributed by atoms with van der Waals surface area (Å²) in [6.07, 6.45) is 4.79. The van der Waals surface area contributed by atoms with Gasteiger partial charge in [-0.15, -0.1) is 6.58 Å². The van der Waals surface area contributed by atoms with Crippen molar-refractivity contribution in [1.82, 2.24) is 29.7 Å². The topological polar surface area (TPSA) is 81.4 Å². The van der Waals surface area contributed by atoms with Crippen LogP contribution in [0, 0.1) is 0 Å². The lowest BCUT2D eigenvalue weighted by atomic mass is 10.7. The van der Waals surface area contributed by atoms with Gasteiger partial charge in [0.1, 0.15) is 12.7 Å². The molecule has 0 aliphatic heterocycles. The van der Waals surface area contributed by atoms with Gasteiger partial charge in [0.15, 0.2) is 5.16 Å². The molecule has 2 aromatic rings. The van der Waals surface area contributed by atoms with E-state index < -0.39 is 0 Å². The zero-order valence-corrected chi connectivity index (χ0v) is 10.8. The van der Waals surface area contributed by atoms with Gasteiger partial charge >= 0.3 is 0 Å². The van der Waals surface area contributed by atoms with Crippen molar-refractivity contribution in [3.8, 4) is 5.95 Å². The van der Waals surface area contributed by atoms with Gasteiger partial charge in [0, 0.05) is 12.3 Å². The first-order chi connectivity index (χ1) is 8.83. The predicted molar refractivity (Wildman–Crippen MR) is 69.8 cm³/mol. The number of anilines is 1. The Labute approximate surface area is 109 Å². The van der Waals surface area contributed by atoms with Crippen LogP contribution in [0.25, 0.3) is 5.95 Å². The number of nitrogens with one attached hydrogen (secondary N) is 1. The maximum Gasteiger partial charge on any atom is 0.257 e. The summed E-state index contributed by atoms with van der Waals surface area (Å²) in [6.45, 7) is 6.40. The van der Waals surface area contributed by atoms with Crippen molar-refractivity contribution in [2.45, 2.75) is 12.1 Å². The van der Waals surface area contributed by atoms with E-state index in [4.69, 9.17) is 0 Å². The Kier molecular flexibility index (Phi) is 4.24. The summed E-state index contributed by atoms with van der Waals surface area (Å²) < 4.78 is 1.50. The molecule has 0 bridgehead atoms. The maximum absolute atomic E-state index is 4.31. The van der Waals surface area contributed by atoms with E-state index >= 15 is 0 Å². The molecule has 0 aromatic carbocycles. The minimum absolute atomic E-state index is 0.449. The zero-order valence-electron chi connectivity index (χ0n) is 9.94. The van der Waals surface area contributed by atoms with Crippen LogP contribution in [0.1, 0.15) is 6.92 Å².